The zero-order chi connectivity index (χ0) is 18.6. The van der Waals surface area contributed by atoms with Crippen molar-refractivity contribution in [3.05, 3.63) is 35.6 Å². The first-order valence-corrected chi connectivity index (χ1v) is 9.44. The maximum atomic E-state index is 13.2. The summed E-state index contributed by atoms with van der Waals surface area (Å²) >= 11 is 1.68. The highest BCUT2D eigenvalue weighted by molar-refractivity contribution is 7.99. The summed E-state index contributed by atoms with van der Waals surface area (Å²) in [7, 11) is 0. The topological polar surface area (TPSA) is 58.6 Å². The predicted molar refractivity (Wildman–Crippen MR) is 97.0 cm³/mol. The molecule has 0 radical (unpaired) electrons. The SMILES string of the molecule is CC(c1ccc(F)cc1)C(NC(=O)OC(C)(C)C)C(=O)N1CCSC1. The zero-order valence-electron chi connectivity index (χ0n) is 15.0. The van der Waals surface area contributed by atoms with Crippen molar-refractivity contribution in [2.45, 2.75) is 45.3 Å². The van der Waals surface area contributed by atoms with Crippen molar-refractivity contribution in [3.8, 4) is 0 Å². The predicted octanol–water partition coefficient (Wildman–Crippen LogP) is 3.36. The summed E-state index contributed by atoms with van der Waals surface area (Å²) < 4.78 is 18.5. The number of alkyl carbamates (subject to hydrolysis) is 1. The minimum absolute atomic E-state index is 0.146. The molecular weight excluding hydrogens is 343 g/mol. The molecule has 1 aliphatic rings. The molecule has 0 aromatic heterocycles. The van der Waals surface area contributed by atoms with Crippen molar-refractivity contribution in [2.24, 2.45) is 0 Å². The number of hydrogen-bond acceptors (Lipinski definition) is 4. The lowest BCUT2D eigenvalue weighted by Gasteiger charge is -2.29. The number of ether oxygens (including phenoxy) is 1. The van der Waals surface area contributed by atoms with Crippen molar-refractivity contribution >= 4 is 23.8 Å². The van der Waals surface area contributed by atoms with Crippen LogP contribution in [0.5, 0.6) is 0 Å². The van der Waals surface area contributed by atoms with Gasteiger partial charge in [0.25, 0.3) is 0 Å². The van der Waals surface area contributed by atoms with Gasteiger partial charge in [0.1, 0.15) is 17.5 Å². The summed E-state index contributed by atoms with van der Waals surface area (Å²) in [4.78, 5) is 26.8. The Hall–Kier alpha value is -1.76. The van der Waals surface area contributed by atoms with Gasteiger partial charge in [0.2, 0.25) is 5.91 Å². The number of nitrogens with one attached hydrogen (secondary N) is 1. The number of rotatable bonds is 4. The van der Waals surface area contributed by atoms with Gasteiger partial charge in [-0.15, -0.1) is 11.8 Å². The van der Waals surface area contributed by atoms with E-state index >= 15 is 0 Å². The van der Waals surface area contributed by atoms with Gasteiger partial charge in [0.15, 0.2) is 0 Å². The number of carbonyl (C=O) groups excluding carboxylic acids is 2. The normalized spacial score (nSPS) is 17.1. The summed E-state index contributed by atoms with van der Waals surface area (Å²) in [5, 5.41) is 2.71. The Morgan fingerprint density at radius 3 is 2.44 bits per heavy atom. The molecular formula is C18H25FN2O3S. The molecule has 7 heteroatoms. The van der Waals surface area contributed by atoms with E-state index in [0.29, 0.717) is 12.4 Å². The van der Waals surface area contributed by atoms with Crippen LogP contribution >= 0.6 is 11.8 Å². The Bertz CT molecular complexity index is 610. The highest BCUT2D eigenvalue weighted by Gasteiger charge is 2.34. The average Bonchev–Trinajstić information content (AvgIpc) is 3.05. The molecule has 0 saturated carbocycles. The van der Waals surface area contributed by atoms with Gasteiger partial charge in [-0.05, 0) is 38.5 Å². The molecule has 0 bridgehead atoms. The van der Waals surface area contributed by atoms with E-state index in [2.05, 4.69) is 5.32 Å². The van der Waals surface area contributed by atoms with Gasteiger partial charge in [-0.1, -0.05) is 19.1 Å². The van der Waals surface area contributed by atoms with Crippen LogP contribution in [0.25, 0.3) is 0 Å². The third kappa shape index (κ3) is 5.63. The molecule has 1 saturated heterocycles. The molecule has 5 nitrogen and oxygen atoms in total. The number of amides is 2. The lowest BCUT2D eigenvalue weighted by molar-refractivity contribution is -0.132. The van der Waals surface area contributed by atoms with E-state index in [1.807, 2.05) is 6.92 Å². The monoisotopic (exact) mass is 368 g/mol. The van der Waals surface area contributed by atoms with Crippen LogP contribution in [0.4, 0.5) is 9.18 Å². The first kappa shape index (κ1) is 19.6. The molecule has 1 N–H and O–H groups in total. The van der Waals surface area contributed by atoms with Gasteiger partial charge in [-0.25, -0.2) is 9.18 Å². The van der Waals surface area contributed by atoms with Crippen LogP contribution < -0.4 is 5.32 Å². The Balaban J connectivity index is 2.19. The van der Waals surface area contributed by atoms with Gasteiger partial charge >= 0.3 is 6.09 Å². The smallest absolute Gasteiger partial charge is 0.408 e. The summed E-state index contributed by atoms with van der Waals surface area (Å²) in [6.07, 6.45) is -0.633. The standard InChI is InChI=1S/C18H25FN2O3S/c1-12(13-5-7-14(19)8-6-13)15(16(22)21-9-10-25-11-21)20-17(23)24-18(2,3)4/h5-8,12,15H,9-11H2,1-4H3,(H,20,23). The maximum Gasteiger partial charge on any atom is 0.408 e. The third-order valence-electron chi connectivity index (χ3n) is 3.90. The zero-order valence-corrected chi connectivity index (χ0v) is 15.9. The van der Waals surface area contributed by atoms with Crippen LogP contribution in [0, 0.1) is 5.82 Å². The van der Waals surface area contributed by atoms with E-state index in [-0.39, 0.29) is 17.6 Å². The molecule has 138 valence electrons. The molecule has 1 aliphatic heterocycles. The fourth-order valence-corrected chi connectivity index (χ4v) is 3.53. The molecule has 0 aliphatic carbocycles. The average molecular weight is 368 g/mol. The summed E-state index contributed by atoms with van der Waals surface area (Å²) in [5.74, 6) is 0.700. The molecule has 1 aromatic carbocycles. The molecule has 2 rings (SSSR count). The Morgan fingerprint density at radius 2 is 1.92 bits per heavy atom. The van der Waals surface area contributed by atoms with E-state index in [0.717, 1.165) is 11.3 Å². The summed E-state index contributed by atoms with van der Waals surface area (Å²) in [6.45, 7) is 7.81. The molecule has 25 heavy (non-hydrogen) atoms. The fourth-order valence-electron chi connectivity index (χ4n) is 2.58. The van der Waals surface area contributed by atoms with Gasteiger partial charge in [0, 0.05) is 18.2 Å². The van der Waals surface area contributed by atoms with E-state index in [9.17, 15) is 14.0 Å². The number of thioether (sulfide) groups is 1. The molecule has 2 amide bonds. The maximum absolute atomic E-state index is 13.2. The number of halogens is 1. The van der Waals surface area contributed by atoms with Crippen LogP contribution in [-0.2, 0) is 9.53 Å². The van der Waals surface area contributed by atoms with Crippen LogP contribution in [0.3, 0.4) is 0 Å². The molecule has 0 spiro atoms. The second-order valence-corrected chi connectivity index (χ2v) is 8.18. The largest absolute Gasteiger partial charge is 0.444 e. The Kier molecular flexibility index (Phi) is 6.32. The minimum atomic E-state index is -0.765. The van der Waals surface area contributed by atoms with Crippen LogP contribution in [0.2, 0.25) is 0 Å². The second-order valence-electron chi connectivity index (χ2n) is 7.10. The summed E-state index contributed by atoms with van der Waals surface area (Å²) in [5.41, 5.74) is 0.128. The van der Waals surface area contributed by atoms with Crippen molar-refractivity contribution in [2.75, 3.05) is 18.2 Å². The van der Waals surface area contributed by atoms with Crippen molar-refractivity contribution in [3.63, 3.8) is 0 Å². The lowest BCUT2D eigenvalue weighted by atomic mass is 9.92. The van der Waals surface area contributed by atoms with Gasteiger partial charge < -0.3 is 15.0 Å². The molecule has 2 atom stereocenters. The molecule has 1 fully saturated rings. The Morgan fingerprint density at radius 1 is 1.28 bits per heavy atom. The summed E-state index contributed by atoms with van der Waals surface area (Å²) in [6, 6.07) is 5.21. The number of hydrogen-bond donors (Lipinski definition) is 1. The highest BCUT2D eigenvalue weighted by atomic mass is 32.2. The van der Waals surface area contributed by atoms with E-state index in [1.165, 1.54) is 12.1 Å². The van der Waals surface area contributed by atoms with E-state index < -0.39 is 17.7 Å². The third-order valence-corrected chi connectivity index (χ3v) is 4.86. The fraction of sp³-hybridized carbons (Fsp3) is 0.556. The van der Waals surface area contributed by atoms with Gasteiger partial charge in [-0.3, -0.25) is 4.79 Å². The first-order chi connectivity index (χ1) is 11.7. The molecule has 1 heterocycles. The minimum Gasteiger partial charge on any atom is -0.444 e. The van der Waals surface area contributed by atoms with Gasteiger partial charge in [0.05, 0.1) is 5.88 Å². The quantitative estimate of drug-likeness (QED) is 0.885. The van der Waals surface area contributed by atoms with E-state index in [4.69, 9.17) is 4.74 Å². The first-order valence-electron chi connectivity index (χ1n) is 8.29. The number of nitrogens with zero attached hydrogens (tertiary/aromatic N) is 1. The van der Waals surface area contributed by atoms with Gasteiger partial charge in [-0.2, -0.15) is 0 Å². The lowest BCUT2D eigenvalue weighted by Crippen LogP contribution is -2.51. The van der Waals surface area contributed by atoms with E-state index in [1.54, 1.807) is 49.6 Å². The van der Waals surface area contributed by atoms with Crippen LogP contribution in [-0.4, -0.2) is 46.7 Å². The van der Waals surface area contributed by atoms with Crippen LogP contribution in [0.1, 0.15) is 39.2 Å². The molecule has 2 unspecified atom stereocenters. The highest BCUT2D eigenvalue weighted by Crippen LogP contribution is 2.24. The second kappa shape index (κ2) is 8.08. The Labute approximate surface area is 152 Å². The number of carbonyl (C=O) groups is 2. The van der Waals surface area contributed by atoms with Crippen molar-refractivity contribution < 1.29 is 18.7 Å². The molecule has 1 aromatic rings. The van der Waals surface area contributed by atoms with Crippen molar-refractivity contribution in [1.82, 2.24) is 10.2 Å². The van der Waals surface area contributed by atoms with Crippen molar-refractivity contribution in [1.29, 1.82) is 0 Å². The number of benzene rings is 1. The van der Waals surface area contributed by atoms with Crippen LogP contribution in [0.15, 0.2) is 24.3 Å².